The number of fused-ring (bicyclic) bond motifs is 1. The number of benzene rings is 2. The average molecular weight is 517 g/mol. The summed E-state index contributed by atoms with van der Waals surface area (Å²) in [6.45, 7) is 10.1. The van der Waals surface area contributed by atoms with Crippen LogP contribution in [0.25, 0.3) is 0 Å². The van der Waals surface area contributed by atoms with E-state index in [9.17, 15) is 14.7 Å². The second-order valence-corrected chi connectivity index (χ2v) is 13.4. The standard InChI is InChI=1S/C16H19NO2.C16H21NO2/c1-15(2)10-16(15)8-12-9-19-13(17(12)14(16)18)11-6-4-3-5-7-11;1-15(2)11-16(15)8-13(10-18)17(14(16)19)9-12-6-4-3-5-7-12/h3-7,12-13H,8-10H2,1-2H3;3-7,13,18H,8-11H2,1-2H3/t12?,13-,16?;13-,16?/m10/s1. The second-order valence-electron chi connectivity index (χ2n) is 13.4. The first-order valence-electron chi connectivity index (χ1n) is 14.0. The molecule has 3 aliphatic heterocycles. The normalized spacial score (nSPS) is 35.4. The van der Waals surface area contributed by atoms with E-state index in [4.69, 9.17) is 4.74 Å². The van der Waals surface area contributed by atoms with Crippen LogP contribution in [0.2, 0.25) is 0 Å². The highest BCUT2D eigenvalue weighted by Crippen LogP contribution is 2.71. The largest absolute Gasteiger partial charge is 0.394 e. The van der Waals surface area contributed by atoms with E-state index in [1.54, 1.807) is 0 Å². The van der Waals surface area contributed by atoms with E-state index in [2.05, 4.69) is 27.7 Å². The molecule has 7 rings (SSSR count). The molecule has 0 bridgehead atoms. The third-order valence-corrected chi connectivity index (χ3v) is 10.3. The Hall–Kier alpha value is -2.70. The van der Waals surface area contributed by atoms with E-state index in [-0.39, 0.29) is 52.5 Å². The number of aliphatic hydroxyl groups is 1. The number of hydrogen-bond acceptors (Lipinski definition) is 4. The third-order valence-electron chi connectivity index (χ3n) is 10.3. The average Bonchev–Trinajstić information content (AvgIpc) is 3.38. The maximum atomic E-state index is 12.8. The van der Waals surface area contributed by atoms with Gasteiger partial charge >= 0.3 is 0 Å². The zero-order chi connectivity index (χ0) is 26.9. The van der Waals surface area contributed by atoms with Crippen molar-refractivity contribution >= 4 is 11.8 Å². The summed E-state index contributed by atoms with van der Waals surface area (Å²) in [7, 11) is 0. The Kier molecular flexibility index (Phi) is 5.82. The van der Waals surface area contributed by atoms with Crippen molar-refractivity contribution in [2.24, 2.45) is 21.7 Å². The summed E-state index contributed by atoms with van der Waals surface area (Å²) in [6, 6.07) is 20.4. The van der Waals surface area contributed by atoms with E-state index in [1.807, 2.05) is 70.5 Å². The lowest BCUT2D eigenvalue weighted by Crippen LogP contribution is -2.36. The van der Waals surface area contributed by atoms with Crippen molar-refractivity contribution in [1.82, 2.24) is 9.80 Å². The molecule has 0 aromatic heterocycles. The summed E-state index contributed by atoms with van der Waals surface area (Å²) >= 11 is 0. The number of ether oxygens (including phenoxy) is 1. The van der Waals surface area contributed by atoms with Gasteiger partial charge in [-0.05, 0) is 42.1 Å². The van der Waals surface area contributed by atoms with Crippen molar-refractivity contribution in [2.75, 3.05) is 13.2 Å². The van der Waals surface area contributed by atoms with Crippen molar-refractivity contribution in [3.63, 3.8) is 0 Å². The summed E-state index contributed by atoms with van der Waals surface area (Å²) in [6.07, 6.45) is 3.60. The first-order valence-corrected chi connectivity index (χ1v) is 14.0. The van der Waals surface area contributed by atoms with Gasteiger partial charge in [0.05, 0.1) is 36.1 Å². The van der Waals surface area contributed by atoms with Crippen LogP contribution in [-0.4, -0.2) is 52.0 Å². The van der Waals surface area contributed by atoms with Gasteiger partial charge < -0.3 is 19.6 Å². The Bertz CT molecular complexity index is 1210. The Morgan fingerprint density at radius 1 is 0.842 bits per heavy atom. The molecule has 1 N–H and O–H groups in total. The fourth-order valence-corrected chi connectivity index (χ4v) is 7.63. The number of nitrogens with zero attached hydrogens (tertiary/aromatic N) is 2. The molecule has 2 saturated carbocycles. The van der Waals surface area contributed by atoms with E-state index < -0.39 is 0 Å². The molecule has 3 heterocycles. The van der Waals surface area contributed by atoms with Gasteiger partial charge in [0.25, 0.3) is 0 Å². The maximum Gasteiger partial charge on any atom is 0.232 e. The number of aliphatic hydroxyl groups excluding tert-OH is 1. The molecule has 0 radical (unpaired) electrons. The Morgan fingerprint density at radius 3 is 1.95 bits per heavy atom. The molecule has 2 aliphatic carbocycles. The monoisotopic (exact) mass is 516 g/mol. The van der Waals surface area contributed by atoms with Crippen LogP contribution >= 0.6 is 0 Å². The lowest BCUT2D eigenvalue weighted by Gasteiger charge is -2.23. The summed E-state index contributed by atoms with van der Waals surface area (Å²) in [5.74, 6) is 0.550. The number of likely N-dealkylation sites (tertiary alicyclic amines) is 1. The van der Waals surface area contributed by atoms with Gasteiger partial charge in [0, 0.05) is 12.1 Å². The SMILES string of the molecule is CC1(C)CC12CC1CO[C@H](c3ccccc3)N1C2=O.CC1(C)CC12C[C@@H](CO)N(Cc1ccccc1)C2=O. The first kappa shape index (κ1) is 25.6. The van der Waals surface area contributed by atoms with E-state index in [1.165, 1.54) is 0 Å². The topological polar surface area (TPSA) is 70.1 Å². The van der Waals surface area contributed by atoms with Gasteiger partial charge in [-0.1, -0.05) is 88.4 Å². The second kappa shape index (κ2) is 8.65. The molecule has 202 valence electrons. The van der Waals surface area contributed by atoms with E-state index >= 15 is 0 Å². The van der Waals surface area contributed by atoms with Crippen LogP contribution in [0.3, 0.4) is 0 Å². The molecule has 2 spiro atoms. The van der Waals surface area contributed by atoms with Gasteiger partial charge in [-0.25, -0.2) is 0 Å². The lowest BCUT2D eigenvalue weighted by molar-refractivity contribution is -0.139. The van der Waals surface area contributed by atoms with Crippen LogP contribution < -0.4 is 0 Å². The zero-order valence-corrected chi connectivity index (χ0v) is 23.0. The van der Waals surface area contributed by atoms with Crippen molar-refractivity contribution in [3.8, 4) is 0 Å². The third kappa shape index (κ3) is 3.75. The van der Waals surface area contributed by atoms with Gasteiger partial charge in [0.1, 0.15) is 0 Å². The van der Waals surface area contributed by atoms with Gasteiger partial charge in [0.2, 0.25) is 11.8 Å². The smallest absolute Gasteiger partial charge is 0.232 e. The number of rotatable bonds is 4. The van der Waals surface area contributed by atoms with Crippen LogP contribution in [0.1, 0.15) is 70.7 Å². The van der Waals surface area contributed by atoms with Crippen molar-refractivity contribution in [2.45, 2.75) is 78.2 Å². The first-order chi connectivity index (χ1) is 18.1. The Morgan fingerprint density at radius 2 is 1.39 bits per heavy atom. The number of carbonyl (C=O) groups excluding carboxylic acids is 2. The fourth-order valence-electron chi connectivity index (χ4n) is 7.63. The predicted molar refractivity (Wildman–Crippen MR) is 145 cm³/mol. The highest BCUT2D eigenvalue weighted by molar-refractivity contribution is 5.90. The van der Waals surface area contributed by atoms with Crippen LogP contribution in [0.5, 0.6) is 0 Å². The number of hydrogen-bond donors (Lipinski definition) is 1. The molecule has 2 aromatic carbocycles. The molecule has 2 amide bonds. The van der Waals surface area contributed by atoms with Crippen LogP contribution in [0.15, 0.2) is 60.7 Å². The molecule has 3 saturated heterocycles. The zero-order valence-electron chi connectivity index (χ0n) is 23.0. The molecular weight excluding hydrogens is 476 g/mol. The van der Waals surface area contributed by atoms with E-state index in [0.29, 0.717) is 19.1 Å². The van der Waals surface area contributed by atoms with Crippen LogP contribution in [0, 0.1) is 21.7 Å². The van der Waals surface area contributed by atoms with Crippen molar-refractivity contribution < 1.29 is 19.4 Å². The molecule has 3 unspecified atom stereocenters. The van der Waals surface area contributed by atoms with Gasteiger partial charge in [-0.2, -0.15) is 0 Å². The van der Waals surface area contributed by atoms with E-state index in [0.717, 1.165) is 36.8 Å². The fraction of sp³-hybridized carbons (Fsp3) is 0.562. The minimum Gasteiger partial charge on any atom is -0.394 e. The van der Waals surface area contributed by atoms with Gasteiger partial charge in [-0.15, -0.1) is 0 Å². The quantitative estimate of drug-likeness (QED) is 0.626. The summed E-state index contributed by atoms with van der Waals surface area (Å²) < 4.78 is 5.87. The molecule has 38 heavy (non-hydrogen) atoms. The molecular formula is C32H40N2O4. The molecule has 5 fully saturated rings. The molecule has 6 heteroatoms. The van der Waals surface area contributed by atoms with Gasteiger partial charge in [-0.3, -0.25) is 9.59 Å². The van der Waals surface area contributed by atoms with Crippen molar-refractivity contribution in [3.05, 3.63) is 71.8 Å². The predicted octanol–water partition coefficient (Wildman–Crippen LogP) is 4.93. The highest BCUT2D eigenvalue weighted by atomic mass is 16.5. The Balaban J connectivity index is 0.000000139. The molecule has 6 nitrogen and oxygen atoms in total. The minimum absolute atomic E-state index is 0.0190. The Labute approximate surface area is 226 Å². The lowest BCUT2D eigenvalue weighted by atomic mass is 9.92. The minimum atomic E-state index is -0.199. The summed E-state index contributed by atoms with van der Waals surface area (Å²) in [4.78, 5) is 29.4. The molecule has 2 aromatic rings. The van der Waals surface area contributed by atoms with Crippen LogP contribution in [-0.2, 0) is 20.9 Å². The number of amides is 2. The summed E-state index contributed by atoms with van der Waals surface area (Å²) in [5, 5.41) is 9.57. The van der Waals surface area contributed by atoms with Gasteiger partial charge in [0.15, 0.2) is 6.23 Å². The van der Waals surface area contributed by atoms with Crippen molar-refractivity contribution in [1.29, 1.82) is 0 Å². The van der Waals surface area contributed by atoms with Crippen LogP contribution in [0.4, 0.5) is 0 Å². The highest BCUT2D eigenvalue weighted by Gasteiger charge is 2.73. The molecule has 5 atom stereocenters. The maximum absolute atomic E-state index is 12.8. The number of carbonyl (C=O) groups is 2. The molecule has 5 aliphatic rings. The summed E-state index contributed by atoms with van der Waals surface area (Å²) in [5.41, 5.74) is 2.21.